The first-order valence-electron chi connectivity index (χ1n) is 23.4. The molecule has 3 saturated heterocycles. The van der Waals surface area contributed by atoms with Crippen molar-refractivity contribution >= 4 is 57.5 Å². The molecule has 1 atom stereocenters. The Balaban J connectivity index is 0.691. The van der Waals surface area contributed by atoms with Gasteiger partial charge in [0.05, 0.1) is 17.4 Å². The van der Waals surface area contributed by atoms with Crippen molar-refractivity contribution in [2.45, 2.75) is 83.7 Å². The lowest BCUT2D eigenvalue weighted by molar-refractivity contribution is -0.131. The summed E-state index contributed by atoms with van der Waals surface area (Å²) in [5.41, 5.74) is 2.99. The van der Waals surface area contributed by atoms with Gasteiger partial charge in [-0.3, -0.25) is 23.9 Å². The molecule has 65 heavy (non-hydrogen) atoms. The summed E-state index contributed by atoms with van der Waals surface area (Å²) in [6.45, 7) is 12.4. The number of unbranched alkanes of at least 4 members (excludes halogenated alkanes) is 1. The number of piperazine rings is 2. The van der Waals surface area contributed by atoms with Gasteiger partial charge >= 0.3 is 0 Å². The van der Waals surface area contributed by atoms with Gasteiger partial charge in [0.15, 0.2) is 5.78 Å². The molecule has 1 aromatic carbocycles. The summed E-state index contributed by atoms with van der Waals surface area (Å²) in [5.74, 6) is 2.43. The Morgan fingerprint density at radius 3 is 2.34 bits per heavy atom. The number of ketones is 1. The van der Waals surface area contributed by atoms with Crippen LogP contribution in [-0.2, 0) is 4.79 Å². The maximum atomic E-state index is 13.9. The van der Waals surface area contributed by atoms with E-state index in [9.17, 15) is 18.8 Å². The topological polar surface area (TPSA) is 161 Å². The van der Waals surface area contributed by atoms with Crippen LogP contribution in [0.3, 0.4) is 0 Å². The maximum Gasteiger partial charge on any atom is 0.263 e. The number of amides is 1. The summed E-state index contributed by atoms with van der Waals surface area (Å²) < 4.78 is 15.6. The highest BCUT2D eigenvalue weighted by atomic mass is 19.1. The van der Waals surface area contributed by atoms with Crippen molar-refractivity contribution in [2.24, 2.45) is 0 Å². The third-order valence-corrected chi connectivity index (χ3v) is 13.6. The average Bonchev–Trinajstić information content (AvgIpc) is 3.86. The van der Waals surface area contributed by atoms with E-state index in [0.29, 0.717) is 47.9 Å². The number of nitrogens with zero attached hydrogens (tertiary/aromatic N) is 11. The number of fused-ring (bicyclic) bond motifs is 1. The largest absolute Gasteiger partial charge is 0.369 e. The molecule has 17 heteroatoms. The van der Waals surface area contributed by atoms with Gasteiger partial charge in [-0.05, 0) is 94.8 Å². The Kier molecular flexibility index (Phi) is 13.5. The first-order valence-corrected chi connectivity index (χ1v) is 23.4. The highest BCUT2D eigenvalue weighted by molar-refractivity contribution is 5.99. The van der Waals surface area contributed by atoms with E-state index in [-0.39, 0.29) is 40.7 Å². The smallest absolute Gasteiger partial charge is 0.263 e. The highest BCUT2D eigenvalue weighted by Crippen LogP contribution is 2.32. The van der Waals surface area contributed by atoms with Gasteiger partial charge in [-0.1, -0.05) is 18.9 Å². The van der Waals surface area contributed by atoms with Crippen LogP contribution < -0.4 is 30.9 Å². The number of piperidine rings is 1. The lowest BCUT2D eigenvalue weighted by Crippen LogP contribution is -2.49. The Labute approximate surface area is 379 Å². The number of anilines is 6. The molecule has 16 nitrogen and oxygen atoms in total. The molecule has 2 N–H and O–H groups in total. The molecule has 1 aliphatic carbocycles. The quantitative estimate of drug-likeness (QED) is 0.0958. The maximum absolute atomic E-state index is 13.9. The van der Waals surface area contributed by atoms with Crippen molar-refractivity contribution in [3.05, 3.63) is 88.5 Å². The Morgan fingerprint density at radius 2 is 1.58 bits per heavy atom. The lowest BCUT2D eigenvalue weighted by atomic mass is 10.0. The van der Waals surface area contributed by atoms with Crippen LogP contribution in [0.15, 0.2) is 66.0 Å². The number of nitrogens with one attached hydrogen (secondary N) is 2. The first-order chi connectivity index (χ1) is 31.7. The van der Waals surface area contributed by atoms with Crippen molar-refractivity contribution in [3.8, 4) is 0 Å². The molecule has 4 fully saturated rings. The number of benzene rings is 1. The van der Waals surface area contributed by atoms with Crippen LogP contribution in [0.4, 0.5) is 39.2 Å². The average molecular weight is 886 g/mol. The number of hydrogen-bond donors (Lipinski definition) is 2. The zero-order valence-corrected chi connectivity index (χ0v) is 37.6. The van der Waals surface area contributed by atoms with Crippen LogP contribution in [-0.4, -0.2) is 129 Å². The fraction of sp³-hybridized carbons (Fsp3) is 0.500. The summed E-state index contributed by atoms with van der Waals surface area (Å²) in [6.07, 6.45) is 13.5. The predicted molar refractivity (Wildman–Crippen MR) is 252 cm³/mol. The number of rotatable bonds is 14. The molecular weight excluding hydrogens is 826 g/mol. The second kappa shape index (κ2) is 19.9. The molecule has 342 valence electrons. The fourth-order valence-corrected chi connectivity index (χ4v) is 10.1. The molecule has 3 aliphatic heterocycles. The van der Waals surface area contributed by atoms with Crippen LogP contribution >= 0.6 is 0 Å². The summed E-state index contributed by atoms with van der Waals surface area (Å²) >= 11 is 0. The molecule has 4 aliphatic rings. The number of aryl methyl sites for hydroxylation is 1. The minimum absolute atomic E-state index is 0.00588. The predicted octanol–water partition coefficient (Wildman–Crippen LogP) is 6.21. The van der Waals surface area contributed by atoms with Crippen LogP contribution in [0.1, 0.15) is 86.7 Å². The third kappa shape index (κ3) is 10.2. The second-order valence-electron chi connectivity index (χ2n) is 18.0. The van der Waals surface area contributed by atoms with Gasteiger partial charge in [-0.15, -0.1) is 0 Å². The minimum atomic E-state index is -0.276. The lowest BCUT2D eigenvalue weighted by Gasteiger charge is -2.36. The first kappa shape index (κ1) is 44.0. The molecule has 4 aromatic heterocycles. The van der Waals surface area contributed by atoms with Gasteiger partial charge in [0, 0.05) is 107 Å². The van der Waals surface area contributed by atoms with E-state index >= 15 is 0 Å². The van der Waals surface area contributed by atoms with E-state index in [2.05, 4.69) is 50.2 Å². The number of Topliss-reactive ketones (excluding diaryl/α,β-unsaturated/α-hetero) is 1. The number of hydrogen-bond acceptors (Lipinski definition) is 14. The van der Waals surface area contributed by atoms with Crippen LogP contribution in [0.2, 0.25) is 0 Å². The number of pyridine rings is 2. The van der Waals surface area contributed by atoms with Gasteiger partial charge in [0.2, 0.25) is 11.9 Å². The number of aromatic nitrogens is 6. The van der Waals surface area contributed by atoms with E-state index in [4.69, 9.17) is 4.98 Å². The molecule has 7 heterocycles. The molecule has 1 saturated carbocycles. The van der Waals surface area contributed by atoms with E-state index in [1.54, 1.807) is 36.1 Å². The van der Waals surface area contributed by atoms with Crippen molar-refractivity contribution in [1.82, 2.24) is 39.3 Å². The standard InChI is InChI=1S/C48H60FN13O3/c1-33-40-30-51-48(56-46(40)62(37-11-3-4-12-37)47(65)45(33)34(2)63)55-41-16-15-39(29-50-41)58-23-25-60(26-24-58)44(64)14-5-6-17-57-19-21-59(22-20-57)43-28-42(52-32-53-43)54-36-10-8-18-61(31-36)38-13-7-9-35(49)27-38/h7,9,13,15-16,27-30,32,36-37H,3-6,8,10-12,14,17-26,31H2,1-2H3,(H,52,53,54)(H,50,51,55,56)/t36-/m1/s1. The highest BCUT2D eigenvalue weighted by Gasteiger charge is 2.27. The van der Waals surface area contributed by atoms with Crippen molar-refractivity contribution < 1.29 is 14.0 Å². The summed E-state index contributed by atoms with van der Waals surface area (Å²) in [6, 6.07) is 13.0. The van der Waals surface area contributed by atoms with Gasteiger partial charge in [0.25, 0.3) is 5.56 Å². The zero-order chi connectivity index (χ0) is 44.9. The summed E-state index contributed by atoms with van der Waals surface area (Å²) in [5, 5.41) is 7.52. The third-order valence-electron chi connectivity index (χ3n) is 13.6. The number of halogens is 1. The molecule has 1 amide bonds. The fourth-order valence-electron chi connectivity index (χ4n) is 10.1. The van der Waals surface area contributed by atoms with Crippen LogP contribution in [0, 0.1) is 12.7 Å². The Morgan fingerprint density at radius 1 is 0.785 bits per heavy atom. The molecular formula is C48H60FN13O3. The van der Waals surface area contributed by atoms with Gasteiger partial charge in [0.1, 0.15) is 35.2 Å². The number of carbonyl (C=O) groups excluding carboxylic acids is 2. The molecule has 0 bridgehead atoms. The SMILES string of the molecule is CC(=O)c1c(C)c2cnc(Nc3ccc(N4CCN(C(=O)CCCCN5CCN(c6cc(N[C@@H]7CCCN(c8cccc(F)c8)C7)ncn6)CC5)CC4)cn3)nc2n(C2CCCC2)c1=O. The monoisotopic (exact) mass is 885 g/mol. The molecule has 0 radical (unpaired) electrons. The molecule has 0 spiro atoms. The van der Waals surface area contributed by atoms with Crippen molar-refractivity contribution in [2.75, 3.05) is 97.3 Å². The Bertz CT molecular complexity index is 2530. The van der Waals surface area contributed by atoms with E-state index in [1.165, 1.54) is 13.0 Å². The van der Waals surface area contributed by atoms with E-state index in [1.807, 2.05) is 35.4 Å². The van der Waals surface area contributed by atoms with Crippen LogP contribution in [0.5, 0.6) is 0 Å². The molecule has 9 rings (SSSR count). The summed E-state index contributed by atoms with van der Waals surface area (Å²) in [7, 11) is 0. The van der Waals surface area contributed by atoms with Gasteiger partial charge in [-0.25, -0.2) is 24.3 Å². The van der Waals surface area contributed by atoms with Gasteiger partial charge < -0.3 is 30.2 Å². The summed E-state index contributed by atoms with van der Waals surface area (Å²) in [4.78, 5) is 73.6. The van der Waals surface area contributed by atoms with Crippen LogP contribution in [0.25, 0.3) is 11.0 Å². The van der Waals surface area contributed by atoms with Crippen molar-refractivity contribution in [3.63, 3.8) is 0 Å². The van der Waals surface area contributed by atoms with E-state index < -0.39 is 0 Å². The van der Waals surface area contributed by atoms with Crippen molar-refractivity contribution in [1.29, 1.82) is 0 Å². The normalized spacial score (nSPS) is 18.7. The number of carbonyl (C=O) groups is 2. The zero-order valence-electron chi connectivity index (χ0n) is 37.6. The minimum Gasteiger partial charge on any atom is -0.369 e. The molecule has 0 unspecified atom stereocenters. The second-order valence-corrected chi connectivity index (χ2v) is 18.0. The Hall–Kier alpha value is -6.23. The van der Waals surface area contributed by atoms with E-state index in [0.717, 1.165) is 133 Å². The molecule has 5 aromatic rings. The van der Waals surface area contributed by atoms with Gasteiger partial charge in [-0.2, -0.15) is 4.98 Å².